The molecule has 0 atom stereocenters. The van der Waals surface area contributed by atoms with E-state index in [0.717, 1.165) is 15.6 Å². The van der Waals surface area contributed by atoms with Gasteiger partial charge in [0.1, 0.15) is 0 Å². The highest BCUT2D eigenvalue weighted by Gasteiger charge is 2.08. The van der Waals surface area contributed by atoms with E-state index in [4.69, 9.17) is 5.73 Å². The van der Waals surface area contributed by atoms with Gasteiger partial charge < -0.3 is 5.73 Å². The third-order valence-corrected chi connectivity index (χ3v) is 3.35. The van der Waals surface area contributed by atoms with Crippen LogP contribution in [0.1, 0.15) is 15.9 Å². The van der Waals surface area contributed by atoms with E-state index in [9.17, 15) is 4.79 Å². The summed E-state index contributed by atoms with van der Waals surface area (Å²) in [5.41, 5.74) is 9.19. The Kier molecular flexibility index (Phi) is 3.29. The Balaban J connectivity index is 2.52. The van der Waals surface area contributed by atoms with E-state index in [2.05, 4.69) is 35.0 Å². The summed E-state index contributed by atoms with van der Waals surface area (Å²) in [5.74, 6) is -0.423. The lowest BCUT2D eigenvalue weighted by molar-refractivity contribution is 0.0999. The zero-order valence-corrected chi connectivity index (χ0v) is 11.0. The first kappa shape index (κ1) is 11.9. The lowest BCUT2D eigenvalue weighted by Gasteiger charge is -2.07. The number of carbonyl (C=O) groups excluding carboxylic acids is 1. The summed E-state index contributed by atoms with van der Waals surface area (Å²) in [4.78, 5) is 11.1. The Hall–Kier alpha value is -1.61. The summed E-state index contributed by atoms with van der Waals surface area (Å²) >= 11 is 3.37. The summed E-state index contributed by atoms with van der Waals surface area (Å²) < 4.78 is 0.728. The van der Waals surface area contributed by atoms with Crippen LogP contribution in [0.2, 0.25) is 0 Å². The molecule has 0 fully saturated rings. The molecule has 0 aliphatic carbocycles. The summed E-state index contributed by atoms with van der Waals surface area (Å²) in [6, 6.07) is 13.7. The summed E-state index contributed by atoms with van der Waals surface area (Å²) in [6.45, 7) is 2.06. The van der Waals surface area contributed by atoms with Gasteiger partial charge >= 0.3 is 0 Å². The van der Waals surface area contributed by atoms with Crippen LogP contribution in [0.25, 0.3) is 11.1 Å². The van der Waals surface area contributed by atoms with E-state index < -0.39 is 5.91 Å². The molecule has 0 aliphatic heterocycles. The molecule has 86 valence electrons. The van der Waals surface area contributed by atoms with Crippen molar-refractivity contribution >= 4 is 21.8 Å². The minimum atomic E-state index is -0.423. The normalized spacial score (nSPS) is 10.2. The molecule has 0 saturated heterocycles. The average Bonchev–Trinajstić information content (AvgIpc) is 2.29. The number of hydrogen-bond acceptors (Lipinski definition) is 1. The number of hydrogen-bond donors (Lipinski definition) is 1. The van der Waals surface area contributed by atoms with Crippen LogP contribution in [-0.4, -0.2) is 5.91 Å². The molecule has 0 heterocycles. The van der Waals surface area contributed by atoms with Crippen molar-refractivity contribution in [2.75, 3.05) is 0 Å². The fourth-order valence-corrected chi connectivity index (χ4v) is 2.35. The van der Waals surface area contributed by atoms with Crippen molar-refractivity contribution in [1.82, 2.24) is 0 Å². The third-order valence-electron chi connectivity index (χ3n) is 2.69. The first-order valence-electron chi connectivity index (χ1n) is 5.25. The highest BCUT2D eigenvalue weighted by atomic mass is 79.9. The van der Waals surface area contributed by atoms with Gasteiger partial charge in [-0.05, 0) is 51.7 Å². The largest absolute Gasteiger partial charge is 0.366 e. The van der Waals surface area contributed by atoms with Gasteiger partial charge in [-0.3, -0.25) is 4.79 Å². The minimum absolute atomic E-state index is 0.423. The Labute approximate surface area is 109 Å². The standard InChI is InChI=1S/C14H12BrNO/c1-9-4-2-3-5-11(9)10-6-7-12(14(16)17)13(15)8-10/h2-8H,1H3,(H2,16,17). The van der Waals surface area contributed by atoms with Crippen LogP contribution in [0.15, 0.2) is 46.9 Å². The molecule has 1 amide bonds. The van der Waals surface area contributed by atoms with Crippen molar-refractivity contribution in [3.05, 3.63) is 58.1 Å². The molecule has 2 N–H and O–H groups in total. The van der Waals surface area contributed by atoms with Crippen molar-refractivity contribution in [2.24, 2.45) is 5.73 Å². The van der Waals surface area contributed by atoms with Crippen molar-refractivity contribution in [3.63, 3.8) is 0 Å². The van der Waals surface area contributed by atoms with Gasteiger partial charge in [0.15, 0.2) is 0 Å². The quantitative estimate of drug-likeness (QED) is 0.903. The zero-order valence-electron chi connectivity index (χ0n) is 9.41. The molecule has 17 heavy (non-hydrogen) atoms. The fourth-order valence-electron chi connectivity index (χ4n) is 1.78. The maximum atomic E-state index is 11.1. The Bertz CT molecular complexity index is 578. The number of aryl methyl sites for hydroxylation is 1. The number of amides is 1. The molecule has 0 unspecified atom stereocenters. The molecular formula is C14H12BrNO. The fraction of sp³-hybridized carbons (Fsp3) is 0.0714. The van der Waals surface area contributed by atoms with Crippen LogP contribution in [0.5, 0.6) is 0 Å². The van der Waals surface area contributed by atoms with Gasteiger partial charge in [-0.2, -0.15) is 0 Å². The van der Waals surface area contributed by atoms with Crippen molar-refractivity contribution in [3.8, 4) is 11.1 Å². The van der Waals surface area contributed by atoms with Crippen LogP contribution < -0.4 is 5.73 Å². The molecule has 2 nitrogen and oxygen atoms in total. The first-order valence-corrected chi connectivity index (χ1v) is 6.04. The second kappa shape index (κ2) is 4.72. The molecule has 2 rings (SSSR count). The lowest BCUT2D eigenvalue weighted by atomic mass is 9.99. The summed E-state index contributed by atoms with van der Waals surface area (Å²) in [6.07, 6.45) is 0. The summed E-state index contributed by atoms with van der Waals surface area (Å²) in [5, 5.41) is 0. The van der Waals surface area contributed by atoms with Gasteiger partial charge in [-0.1, -0.05) is 30.3 Å². The molecule has 0 spiro atoms. The maximum absolute atomic E-state index is 11.1. The number of nitrogens with two attached hydrogens (primary N) is 1. The smallest absolute Gasteiger partial charge is 0.249 e. The van der Waals surface area contributed by atoms with Crippen molar-refractivity contribution < 1.29 is 4.79 Å². The number of halogens is 1. The molecule has 0 bridgehead atoms. The highest BCUT2D eigenvalue weighted by Crippen LogP contribution is 2.27. The van der Waals surface area contributed by atoms with E-state index in [1.54, 1.807) is 6.07 Å². The van der Waals surface area contributed by atoms with Gasteiger partial charge in [0.25, 0.3) is 0 Å². The second-order valence-electron chi connectivity index (χ2n) is 3.87. The molecular weight excluding hydrogens is 278 g/mol. The number of carbonyl (C=O) groups is 1. The van der Waals surface area contributed by atoms with Crippen LogP contribution in [-0.2, 0) is 0 Å². The lowest BCUT2D eigenvalue weighted by Crippen LogP contribution is -2.11. The molecule has 3 heteroatoms. The SMILES string of the molecule is Cc1ccccc1-c1ccc(C(N)=O)c(Br)c1. The van der Waals surface area contributed by atoms with Crippen LogP contribution in [0, 0.1) is 6.92 Å². The molecule has 0 radical (unpaired) electrons. The first-order chi connectivity index (χ1) is 8.09. The maximum Gasteiger partial charge on any atom is 0.249 e. The van der Waals surface area contributed by atoms with E-state index in [1.807, 2.05) is 24.3 Å². The zero-order chi connectivity index (χ0) is 12.4. The van der Waals surface area contributed by atoms with E-state index in [-0.39, 0.29) is 0 Å². The van der Waals surface area contributed by atoms with Crippen LogP contribution >= 0.6 is 15.9 Å². The topological polar surface area (TPSA) is 43.1 Å². The third kappa shape index (κ3) is 2.39. The van der Waals surface area contributed by atoms with Gasteiger partial charge in [0.2, 0.25) is 5.91 Å². The second-order valence-corrected chi connectivity index (χ2v) is 4.73. The van der Waals surface area contributed by atoms with Crippen molar-refractivity contribution in [2.45, 2.75) is 6.92 Å². The monoisotopic (exact) mass is 289 g/mol. The number of rotatable bonds is 2. The van der Waals surface area contributed by atoms with Gasteiger partial charge in [-0.25, -0.2) is 0 Å². The van der Waals surface area contributed by atoms with E-state index in [1.165, 1.54) is 5.56 Å². The number of primary amides is 1. The Morgan fingerprint density at radius 3 is 2.47 bits per heavy atom. The Morgan fingerprint density at radius 1 is 1.18 bits per heavy atom. The van der Waals surface area contributed by atoms with Crippen molar-refractivity contribution in [1.29, 1.82) is 0 Å². The minimum Gasteiger partial charge on any atom is -0.366 e. The van der Waals surface area contributed by atoms with E-state index in [0.29, 0.717) is 5.56 Å². The Morgan fingerprint density at radius 2 is 1.88 bits per heavy atom. The highest BCUT2D eigenvalue weighted by molar-refractivity contribution is 9.10. The van der Waals surface area contributed by atoms with Gasteiger partial charge in [0, 0.05) is 4.47 Å². The van der Waals surface area contributed by atoms with Gasteiger partial charge in [0.05, 0.1) is 5.56 Å². The molecule has 2 aromatic rings. The van der Waals surface area contributed by atoms with Crippen LogP contribution in [0.4, 0.5) is 0 Å². The molecule has 2 aromatic carbocycles. The summed E-state index contributed by atoms with van der Waals surface area (Å²) in [7, 11) is 0. The molecule has 0 saturated carbocycles. The molecule has 0 aliphatic rings. The average molecular weight is 290 g/mol. The van der Waals surface area contributed by atoms with Crippen LogP contribution in [0.3, 0.4) is 0 Å². The van der Waals surface area contributed by atoms with E-state index >= 15 is 0 Å². The predicted octanol–water partition coefficient (Wildman–Crippen LogP) is 3.52. The predicted molar refractivity (Wildman–Crippen MR) is 72.8 cm³/mol. The molecule has 0 aromatic heterocycles. The van der Waals surface area contributed by atoms with Gasteiger partial charge in [-0.15, -0.1) is 0 Å². The number of benzene rings is 2.